The Morgan fingerprint density at radius 1 is 0.524 bits per heavy atom. The molecule has 0 heterocycles. The molecule has 1 aliphatic rings. The molecule has 0 aromatic heterocycles. The second-order valence-electron chi connectivity index (χ2n) is 4.30. The fourth-order valence-corrected chi connectivity index (χ4v) is 1.56. The molecule has 2 aromatic rings. The van der Waals surface area contributed by atoms with Gasteiger partial charge in [-0.05, 0) is 25.7 Å². The van der Waals surface area contributed by atoms with Crippen molar-refractivity contribution in [3.63, 3.8) is 0 Å². The molecule has 0 unspecified atom stereocenters. The third-order valence-corrected chi connectivity index (χ3v) is 2.59. The van der Waals surface area contributed by atoms with Gasteiger partial charge in [0.2, 0.25) is 0 Å². The molecule has 0 radical (unpaired) electrons. The third-order valence-electron chi connectivity index (χ3n) is 2.59. The molecule has 21 heavy (non-hydrogen) atoms. The molecule has 1 aliphatic carbocycles. The molecule has 0 aliphatic heterocycles. The van der Waals surface area contributed by atoms with Crippen LogP contribution in [0.25, 0.3) is 0 Å². The fraction of sp³-hybridized carbons (Fsp3) is 0.200. The van der Waals surface area contributed by atoms with E-state index in [4.69, 9.17) is 0 Å². The predicted molar refractivity (Wildman–Crippen MR) is 87.3 cm³/mol. The summed E-state index contributed by atoms with van der Waals surface area (Å²) >= 11 is 0. The summed E-state index contributed by atoms with van der Waals surface area (Å²) in [6, 6.07) is 25.0. The van der Waals surface area contributed by atoms with Gasteiger partial charge in [-0.1, -0.05) is 24.3 Å². The van der Waals surface area contributed by atoms with Gasteiger partial charge < -0.3 is 0 Å². The van der Waals surface area contributed by atoms with Crippen molar-refractivity contribution in [2.24, 2.45) is 0 Å². The first-order valence-corrected chi connectivity index (χ1v) is 7.14. The number of rotatable bonds is 0. The molecule has 0 saturated heterocycles. The molecule has 0 amide bonds. The Labute approximate surface area is 143 Å². The van der Waals surface area contributed by atoms with Gasteiger partial charge in [-0.3, -0.25) is 0 Å². The summed E-state index contributed by atoms with van der Waals surface area (Å²) in [5, 5.41) is 0. The van der Waals surface area contributed by atoms with Crippen LogP contribution in [0.3, 0.4) is 0 Å². The first-order chi connectivity index (χ1) is 10.0. The maximum Gasteiger partial charge on any atom is 2.00 e. The van der Waals surface area contributed by atoms with Gasteiger partial charge in [0.25, 0.3) is 0 Å². The zero-order valence-electron chi connectivity index (χ0n) is 12.2. The van der Waals surface area contributed by atoms with Crippen LogP contribution in [0.15, 0.2) is 85.0 Å². The van der Waals surface area contributed by atoms with Crippen molar-refractivity contribution in [2.45, 2.75) is 25.7 Å². The van der Waals surface area contributed by atoms with E-state index in [0.717, 1.165) is 0 Å². The number of allylic oxidation sites excluding steroid dienone is 4. The first kappa shape index (κ1) is 19.6. The van der Waals surface area contributed by atoms with Crippen molar-refractivity contribution in [1.29, 1.82) is 0 Å². The Kier molecular flexibility index (Phi) is 15.6. The van der Waals surface area contributed by atoms with E-state index in [2.05, 4.69) is 36.4 Å². The van der Waals surface area contributed by atoms with E-state index in [0.29, 0.717) is 0 Å². The van der Waals surface area contributed by atoms with E-state index >= 15 is 0 Å². The molecular weight excluding hydrogens is 435 g/mol. The van der Waals surface area contributed by atoms with Crippen molar-refractivity contribution < 1.29 is 21.1 Å². The Balaban J connectivity index is 0.000000283. The summed E-state index contributed by atoms with van der Waals surface area (Å²) < 4.78 is 0. The summed E-state index contributed by atoms with van der Waals surface area (Å²) in [5.41, 5.74) is 0. The normalized spacial score (nSPS) is 12.2. The van der Waals surface area contributed by atoms with Gasteiger partial charge in [-0.15, -0.1) is 0 Å². The predicted octanol–water partition coefficient (Wildman–Crippen LogP) is 5.64. The van der Waals surface area contributed by atoms with Gasteiger partial charge in [0.05, 0.1) is 0 Å². The molecule has 0 bridgehead atoms. The molecular formula is C20H22Pt. The minimum absolute atomic E-state index is 0. The number of benzene rings is 2. The molecule has 0 saturated carbocycles. The van der Waals surface area contributed by atoms with Gasteiger partial charge in [-0.25, -0.2) is 0 Å². The van der Waals surface area contributed by atoms with Gasteiger partial charge in [0.15, 0.2) is 0 Å². The summed E-state index contributed by atoms with van der Waals surface area (Å²) in [4.78, 5) is 0. The first-order valence-electron chi connectivity index (χ1n) is 7.14. The summed E-state index contributed by atoms with van der Waals surface area (Å²) in [7, 11) is 0. The fourth-order valence-electron chi connectivity index (χ4n) is 1.56. The zero-order valence-corrected chi connectivity index (χ0v) is 14.5. The van der Waals surface area contributed by atoms with Crippen molar-refractivity contribution in [3.05, 3.63) is 97.1 Å². The van der Waals surface area contributed by atoms with Gasteiger partial charge in [-0.2, -0.15) is 72.8 Å². The van der Waals surface area contributed by atoms with Crippen LogP contribution in [0.1, 0.15) is 25.7 Å². The van der Waals surface area contributed by atoms with Crippen LogP contribution >= 0.6 is 0 Å². The SMILES string of the molecule is C1=CCCCCC=C1.[Pt+2].[c-]1ccccc1.[c-]1ccccc1. The molecule has 0 atom stereocenters. The molecule has 0 fully saturated rings. The van der Waals surface area contributed by atoms with E-state index in [1.54, 1.807) is 0 Å². The van der Waals surface area contributed by atoms with E-state index in [9.17, 15) is 0 Å². The average molecular weight is 457 g/mol. The average Bonchev–Trinajstić information content (AvgIpc) is 2.51. The maximum atomic E-state index is 2.89. The van der Waals surface area contributed by atoms with Crippen LogP contribution in [0.2, 0.25) is 0 Å². The summed E-state index contributed by atoms with van der Waals surface area (Å²) in [5.74, 6) is 0. The number of hydrogen-bond donors (Lipinski definition) is 0. The molecule has 2 aromatic carbocycles. The molecule has 0 N–H and O–H groups in total. The maximum absolute atomic E-state index is 2.89. The smallest absolute Gasteiger partial charge is 0.184 e. The van der Waals surface area contributed by atoms with Crippen LogP contribution in [0.5, 0.6) is 0 Å². The summed E-state index contributed by atoms with van der Waals surface area (Å²) in [6.07, 6.45) is 14.0. The van der Waals surface area contributed by atoms with Crippen molar-refractivity contribution in [1.82, 2.24) is 0 Å². The second kappa shape index (κ2) is 16.7. The third kappa shape index (κ3) is 14.8. The molecule has 1 heteroatoms. The topological polar surface area (TPSA) is 0 Å². The molecule has 0 nitrogen and oxygen atoms in total. The van der Waals surface area contributed by atoms with E-state index in [1.165, 1.54) is 25.7 Å². The Bertz CT molecular complexity index is 347. The minimum Gasteiger partial charge on any atom is -0.184 e. The van der Waals surface area contributed by atoms with E-state index in [1.807, 2.05) is 60.7 Å². The van der Waals surface area contributed by atoms with Crippen LogP contribution in [-0.2, 0) is 21.1 Å². The largest absolute Gasteiger partial charge is 2.00 e. The Morgan fingerprint density at radius 3 is 1.14 bits per heavy atom. The van der Waals surface area contributed by atoms with E-state index in [-0.39, 0.29) is 21.1 Å². The zero-order chi connectivity index (χ0) is 14.1. The van der Waals surface area contributed by atoms with Crippen LogP contribution in [0, 0.1) is 12.1 Å². The van der Waals surface area contributed by atoms with E-state index < -0.39 is 0 Å². The van der Waals surface area contributed by atoms with Crippen molar-refractivity contribution in [3.8, 4) is 0 Å². The Morgan fingerprint density at radius 2 is 0.905 bits per heavy atom. The monoisotopic (exact) mass is 457 g/mol. The van der Waals surface area contributed by atoms with Gasteiger partial charge >= 0.3 is 21.1 Å². The quantitative estimate of drug-likeness (QED) is 0.449. The molecule has 112 valence electrons. The Hall–Kier alpha value is -1.39. The van der Waals surface area contributed by atoms with Gasteiger partial charge in [0.1, 0.15) is 0 Å². The van der Waals surface area contributed by atoms with Crippen LogP contribution in [0.4, 0.5) is 0 Å². The minimum atomic E-state index is 0. The second-order valence-corrected chi connectivity index (χ2v) is 4.30. The molecule has 0 spiro atoms. The van der Waals surface area contributed by atoms with Gasteiger partial charge in [0, 0.05) is 0 Å². The van der Waals surface area contributed by atoms with Crippen LogP contribution < -0.4 is 0 Å². The van der Waals surface area contributed by atoms with Crippen molar-refractivity contribution in [2.75, 3.05) is 0 Å². The standard InChI is InChI=1S/C8H12.2C6H5.Pt/c1-2-4-6-8-7-5-3-1;2*1-2-4-6-5-3-1;/h1-4H,5-8H2;2*1-5H;/q;2*-1;+2. The summed E-state index contributed by atoms with van der Waals surface area (Å²) in [6.45, 7) is 0. The molecule has 3 rings (SSSR count). The van der Waals surface area contributed by atoms with Crippen LogP contribution in [-0.4, -0.2) is 0 Å². The number of hydrogen-bond acceptors (Lipinski definition) is 0. The van der Waals surface area contributed by atoms with Crippen molar-refractivity contribution >= 4 is 0 Å².